The van der Waals surface area contributed by atoms with E-state index in [4.69, 9.17) is 16.4 Å². The fourth-order valence-electron chi connectivity index (χ4n) is 0.514. The summed E-state index contributed by atoms with van der Waals surface area (Å²) in [7, 11) is 1.31. The van der Waals surface area contributed by atoms with Crippen LogP contribution in [0.2, 0.25) is 0 Å². The molecule has 0 bridgehead atoms. The van der Waals surface area contributed by atoms with E-state index < -0.39 is 0 Å². The van der Waals surface area contributed by atoms with Gasteiger partial charge in [-0.05, 0) is 18.0 Å². The van der Waals surface area contributed by atoms with Crippen molar-refractivity contribution < 1.29 is 14.3 Å². The summed E-state index contributed by atoms with van der Waals surface area (Å²) in [6, 6.07) is 0. The molecule has 0 radical (unpaired) electrons. The van der Waals surface area contributed by atoms with Crippen molar-refractivity contribution in [3.63, 3.8) is 0 Å². The molecule has 0 amide bonds. The maximum atomic E-state index is 10.1. The number of halogens is 1. The number of hydrogen-bond acceptors (Lipinski definition) is 3. The Morgan fingerprint density at radius 2 is 2.00 bits per heavy atom. The van der Waals surface area contributed by atoms with Crippen LogP contribution in [0, 0.1) is 0 Å². The third-order valence-corrected chi connectivity index (χ3v) is 1.26. The normalized spacial score (nSPS) is 7.92. The fourth-order valence-corrected chi connectivity index (χ4v) is 0.648. The quantitative estimate of drug-likeness (QED) is 0.383. The largest absolute Gasteiger partial charge is 0.471 e. The maximum absolute atomic E-state index is 10.1. The van der Waals surface area contributed by atoms with E-state index in [1.807, 2.05) is 0 Å². The molecule has 0 saturated heterocycles. The van der Waals surface area contributed by atoms with Gasteiger partial charge in [-0.15, -0.1) is 0 Å². The molecule has 0 aliphatic carbocycles. The van der Waals surface area contributed by atoms with Gasteiger partial charge in [0.2, 0.25) is 5.24 Å². The molecule has 0 unspecified atom stereocenters. The first kappa shape index (κ1) is 14.0. The van der Waals surface area contributed by atoms with Gasteiger partial charge >= 0.3 is 0 Å². The summed E-state index contributed by atoms with van der Waals surface area (Å²) in [5.74, 6) is 0. The van der Waals surface area contributed by atoms with Crippen molar-refractivity contribution in [2.75, 3.05) is 7.11 Å². The molecule has 0 fully saturated rings. The van der Waals surface area contributed by atoms with E-state index in [-0.39, 0.29) is 5.24 Å². The molecule has 0 aliphatic rings. The minimum absolute atomic E-state index is 0.210. The van der Waals surface area contributed by atoms with E-state index in [2.05, 4.69) is 11.7 Å². The molecule has 0 aromatic rings. The molecule has 4 heteroatoms. The van der Waals surface area contributed by atoms with Crippen LogP contribution in [0.25, 0.3) is 0 Å². The molecule has 0 aliphatic heterocycles. The Morgan fingerprint density at radius 3 is 2.25 bits per heavy atom. The zero-order valence-electron chi connectivity index (χ0n) is 7.51. The summed E-state index contributed by atoms with van der Waals surface area (Å²) in [5, 5.41) is -0.210. The Hall–Kier alpha value is -0.570. The summed E-state index contributed by atoms with van der Waals surface area (Å²) < 4.78 is 3.86. The Balaban J connectivity index is 0. The molecule has 0 atom stereocenters. The van der Waals surface area contributed by atoms with E-state index in [1.54, 1.807) is 0 Å². The summed E-state index contributed by atoms with van der Waals surface area (Å²) in [6.07, 6.45) is 3.73. The molecule has 12 heavy (non-hydrogen) atoms. The van der Waals surface area contributed by atoms with E-state index >= 15 is 0 Å². The van der Waals surface area contributed by atoms with Crippen LogP contribution >= 0.6 is 11.6 Å². The second-order valence-electron chi connectivity index (χ2n) is 2.14. The van der Waals surface area contributed by atoms with Gasteiger partial charge in [-0.2, -0.15) is 0 Å². The zero-order valence-corrected chi connectivity index (χ0v) is 8.26. The van der Waals surface area contributed by atoms with Crippen molar-refractivity contribution in [1.82, 2.24) is 0 Å². The summed E-state index contributed by atoms with van der Waals surface area (Å²) >= 11 is 5.07. The first-order chi connectivity index (χ1) is 5.68. The molecule has 0 saturated carbocycles. The molecule has 3 nitrogen and oxygen atoms in total. The van der Waals surface area contributed by atoms with Crippen LogP contribution in [-0.2, 0) is 14.3 Å². The van der Waals surface area contributed by atoms with Crippen LogP contribution in [0.1, 0.15) is 32.6 Å². The second-order valence-corrected chi connectivity index (χ2v) is 2.57. The number of hydrogen-bond donors (Lipinski definition) is 0. The first-order valence-electron chi connectivity index (χ1n) is 3.83. The van der Waals surface area contributed by atoms with Gasteiger partial charge in [-0.25, -0.2) is 0 Å². The summed E-state index contributed by atoms with van der Waals surface area (Å²) in [5.41, 5.74) is 0. The Kier molecular flexibility index (Phi) is 15.2. The predicted octanol–water partition coefficient (Wildman–Crippen LogP) is 2.12. The Labute approximate surface area is 78.0 Å². The number of ether oxygens (including phenoxy) is 1. The average molecular weight is 195 g/mol. The highest BCUT2D eigenvalue weighted by molar-refractivity contribution is 6.63. The summed E-state index contributed by atoms with van der Waals surface area (Å²) in [6.45, 7) is 2.47. The highest BCUT2D eigenvalue weighted by Gasteiger charge is 1.92. The molecule has 0 spiro atoms. The molecular weight excluding hydrogens is 180 g/mol. The molecule has 0 aromatic carbocycles. The van der Waals surface area contributed by atoms with Gasteiger partial charge in [0.15, 0.2) is 0 Å². The molecule has 0 rings (SSSR count). The average Bonchev–Trinajstić information content (AvgIpc) is 2.05. The summed E-state index contributed by atoms with van der Waals surface area (Å²) in [4.78, 5) is 19.0. The Morgan fingerprint density at radius 1 is 1.50 bits per heavy atom. The van der Waals surface area contributed by atoms with Crippen molar-refractivity contribution in [3.05, 3.63) is 0 Å². The van der Waals surface area contributed by atoms with Crippen LogP contribution in [0.15, 0.2) is 0 Å². The molecule has 0 heterocycles. The highest BCUT2D eigenvalue weighted by atomic mass is 35.5. The SMILES string of the molecule is CCCCCC(=O)Cl.COC=O. The predicted molar refractivity (Wildman–Crippen MR) is 48.1 cm³/mol. The van der Waals surface area contributed by atoms with Gasteiger partial charge in [0.1, 0.15) is 0 Å². The number of carbonyl (C=O) groups is 2. The zero-order chi connectivity index (χ0) is 9.82. The maximum Gasteiger partial charge on any atom is 0.292 e. The minimum Gasteiger partial charge on any atom is -0.471 e. The molecule has 0 aromatic heterocycles. The van der Waals surface area contributed by atoms with Gasteiger partial charge < -0.3 is 4.74 Å². The standard InChI is InChI=1S/C6H11ClO.C2H4O2/c1-2-3-4-5-6(7)8;1-4-2-3/h2-5H2,1H3;2H,1H3. The van der Waals surface area contributed by atoms with E-state index in [1.165, 1.54) is 7.11 Å². The number of methoxy groups -OCH3 is 1. The molecule has 0 N–H and O–H groups in total. The third kappa shape index (κ3) is 22.7. The topological polar surface area (TPSA) is 43.4 Å². The van der Waals surface area contributed by atoms with Gasteiger partial charge in [-0.1, -0.05) is 19.8 Å². The van der Waals surface area contributed by atoms with Crippen molar-refractivity contribution in [2.24, 2.45) is 0 Å². The third-order valence-electron chi connectivity index (χ3n) is 1.07. The number of carbonyl (C=O) groups excluding carboxylic acids is 2. The van der Waals surface area contributed by atoms with E-state index in [0.29, 0.717) is 12.9 Å². The highest BCUT2D eigenvalue weighted by Crippen LogP contribution is 2.00. The fraction of sp³-hybridized carbons (Fsp3) is 0.750. The first-order valence-corrected chi connectivity index (χ1v) is 4.21. The number of rotatable bonds is 5. The lowest BCUT2D eigenvalue weighted by Crippen LogP contribution is -1.84. The lowest BCUT2D eigenvalue weighted by molar-refractivity contribution is -0.126. The monoisotopic (exact) mass is 194 g/mol. The van der Waals surface area contributed by atoms with Gasteiger partial charge in [0.25, 0.3) is 6.47 Å². The van der Waals surface area contributed by atoms with Crippen molar-refractivity contribution in [3.8, 4) is 0 Å². The smallest absolute Gasteiger partial charge is 0.292 e. The van der Waals surface area contributed by atoms with Crippen molar-refractivity contribution in [1.29, 1.82) is 0 Å². The molecular formula is C8H15ClO3. The number of unbranched alkanes of at least 4 members (excludes halogenated alkanes) is 2. The molecule has 72 valence electrons. The Bertz CT molecular complexity index is 115. The van der Waals surface area contributed by atoms with Crippen molar-refractivity contribution >= 4 is 23.3 Å². The second kappa shape index (κ2) is 13.1. The van der Waals surface area contributed by atoms with Crippen LogP contribution in [0.3, 0.4) is 0 Å². The van der Waals surface area contributed by atoms with E-state index in [9.17, 15) is 4.79 Å². The van der Waals surface area contributed by atoms with Gasteiger partial charge in [-0.3, -0.25) is 9.59 Å². The lowest BCUT2D eigenvalue weighted by atomic mass is 10.2. The van der Waals surface area contributed by atoms with Crippen LogP contribution in [0.4, 0.5) is 0 Å². The lowest BCUT2D eigenvalue weighted by Gasteiger charge is -1.89. The van der Waals surface area contributed by atoms with Gasteiger partial charge in [0, 0.05) is 6.42 Å². The van der Waals surface area contributed by atoms with Crippen LogP contribution < -0.4 is 0 Å². The van der Waals surface area contributed by atoms with Crippen LogP contribution in [-0.4, -0.2) is 18.8 Å². The van der Waals surface area contributed by atoms with Gasteiger partial charge in [0.05, 0.1) is 7.11 Å². The minimum atomic E-state index is -0.210. The van der Waals surface area contributed by atoms with Crippen molar-refractivity contribution in [2.45, 2.75) is 32.6 Å². The van der Waals surface area contributed by atoms with E-state index in [0.717, 1.165) is 19.3 Å². The van der Waals surface area contributed by atoms with Crippen LogP contribution in [0.5, 0.6) is 0 Å².